The van der Waals surface area contributed by atoms with E-state index < -0.39 is 11.4 Å². The molecule has 1 heterocycles. The number of carbonyl (C=O) groups excluding carboxylic acids is 1. The number of carbonyl (C=O) groups is 2. The Labute approximate surface area is 116 Å². The summed E-state index contributed by atoms with van der Waals surface area (Å²) < 4.78 is 0. The van der Waals surface area contributed by atoms with Crippen molar-refractivity contribution < 1.29 is 14.7 Å². The highest BCUT2D eigenvalue weighted by atomic mass is 35.5. The van der Waals surface area contributed by atoms with Gasteiger partial charge in [-0.1, -0.05) is 30.5 Å². The third kappa shape index (κ3) is 3.23. The van der Waals surface area contributed by atoms with Gasteiger partial charge in [-0.2, -0.15) is 0 Å². The molecule has 1 aromatic heterocycles. The monoisotopic (exact) mass is 282 g/mol. The third-order valence-electron chi connectivity index (χ3n) is 3.50. The van der Waals surface area contributed by atoms with E-state index in [1.165, 1.54) is 0 Å². The Morgan fingerprint density at radius 1 is 1.37 bits per heavy atom. The predicted octanol–water partition coefficient (Wildman–Crippen LogP) is 2.71. The van der Waals surface area contributed by atoms with Gasteiger partial charge in [-0.25, -0.2) is 4.98 Å². The number of hydrogen-bond acceptors (Lipinski definition) is 3. The molecule has 102 valence electrons. The predicted molar refractivity (Wildman–Crippen MR) is 71.0 cm³/mol. The zero-order valence-electron chi connectivity index (χ0n) is 10.4. The number of aliphatic carboxylic acids is 1. The minimum atomic E-state index is -0.914. The number of aromatic nitrogens is 1. The van der Waals surface area contributed by atoms with Crippen LogP contribution in [-0.2, 0) is 9.59 Å². The number of pyridine rings is 1. The maximum atomic E-state index is 11.9. The molecule has 0 spiro atoms. The summed E-state index contributed by atoms with van der Waals surface area (Å²) in [6.07, 6.45) is 2.80. The van der Waals surface area contributed by atoms with Crippen molar-refractivity contribution in [3.63, 3.8) is 0 Å². The van der Waals surface area contributed by atoms with Crippen LogP contribution in [0, 0.1) is 5.41 Å². The Bertz CT molecular complexity index is 498. The topological polar surface area (TPSA) is 79.3 Å². The van der Waals surface area contributed by atoms with E-state index in [-0.39, 0.29) is 17.5 Å². The molecule has 1 aliphatic carbocycles. The molecule has 0 bridgehead atoms. The summed E-state index contributed by atoms with van der Waals surface area (Å²) in [5.41, 5.74) is -0.914. The van der Waals surface area contributed by atoms with Crippen LogP contribution in [0.5, 0.6) is 0 Å². The first-order valence-electron chi connectivity index (χ1n) is 6.18. The SMILES string of the molecule is O=C(CC1(C(=O)O)CCCC1)Nc1cccc(Cl)n1. The molecule has 1 amide bonds. The van der Waals surface area contributed by atoms with E-state index in [9.17, 15) is 14.7 Å². The van der Waals surface area contributed by atoms with E-state index in [0.29, 0.717) is 18.7 Å². The zero-order valence-corrected chi connectivity index (χ0v) is 11.1. The fourth-order valence-electron chi connectivity index (χ4n) is 2.49. The molecule has 0 aliphatic heterocycles. The summed E-state index contributed by atoms with van der Waals surface area (Å²) in [5, 5.41) is 12.2. The van der Waals surface area contributed by atoms with Crippen molar-refractivity contribution in [2.75, 3.05) is 5.32 Å². The zero-order chi connectivity index (χ0) is 13.9. The number of carboxylic acid groups (broad SMARTS) is 1. The van der Waals surface area contributed by atoms with Crippen molar-refractivity contribution in [3.8, 4) is 0 Å². The van der Waals surface area contributed by atoms with Gasteiger partial charge in [0.1, 0.15) is 11.0 Å². The summed E-state index contributed by atoms with van der Waals surface area (Å²) in [4.78, 5) is 27.2. The summed E-state index contributed by atoms with van der Waals surface area (Å²) >= 11 is 5.72. The van der Waals surface area contributed by atoms with Crippen LogP contribution in [0.2, 0.25) is 5.15 Å². The smallest absolute Gasteiger partial charge is 0.310 e. The van der Waals surface area contributed by atoms with Gasteiger partial charge in [0, 0.05) is 6.42 Å². The van der Waals surface area contributed by atoms with Gasteiger partial charge in [0.25, 0.3) is 0 Å². The highest BCUT2D eigenvalue weighted by Crippen LogP contribution is 2.41. The average Bonchev–Trinajstić information content (AvgIpc) is 2.78. The molecular weight excluding hydrogens is 268 g/mol. The molecule has 1 aliphatic rings. The van der Waals surface area contributed by atoms with Gasteiger partial charge in [0.2, 0.25) is 5.91 Å². The first kappa shape index (κ1) is 13.8. The molecule has 0 unspecified atom stereocenters. The number of hydrogen-bond donors (Lipinski definition) is 2. The van der Waals surface area contributed by atoms with Gasteiger partial charge in [0.05, 0.1) is 5.41 Å². The fraction of sp³-hybridized carbons (Fsp3) is 0.462. The first-order valence-corrected chi connectivity index (χ1v) is 6.55. The average molecular weight is 283 g/mol. The number of rotatable bonds is 4. The van der Waals surface area contributed by atoms with Gasteiger partial charge in [-0.3, -0.25) is 9.59 Å². The molecule has 2 N–H and O–H groups in total. The number of anilines is 1. The van der Waals surface area contributed by atoms with E-state index in [0.717, 1.165) is 12.8 Å². The van der Waals surface area contributed by atoms with Crippen molar-refractivity contribution in [1.82, 2.24) is 4.98 Å². The van der Waals surface area contributed by atoms with E-state index in [4.69, 9.17) is 11.6 Å². The molecule has 0 radical (unpaired) electrons. The molecule has 0 atom stereocenters. The van der Waals surface area contributed by atoms with Gasteiger partial charge >= 0.3 is 5.97 Å². The van der Waals surface area contributed by atoms with Gasteiger partial charge in [0.15, 0.2) is 0 Å². The van der Waals surface area contributed by atoms with Crippen molar-refractivity contribution in [3.05, 3.63) is 23.4 Å². The second-order valence-electron chi connectivity index (χ2n) is 4.86. The van der Waals surface area contributed by atoms with Crippen LogP contribution in [0.3, 0.4) is 0 Å². The van der Waals surface area contributed by atoms with Crippen LogP contribution in [0.15, 0.2) is 18.2 Å². The van der Waals surface area contributed by atoms with E-state index in [1.54, 1.807) is 18.2 Å². The van der Waals surface area contributed by atoms with Crippen molar-refractivity contribution in [2.24, 2.45) is 5.41 Å². The molecular formula is C13H15ClN2O3. The standard InChI is InChI=1S/C13H15ClN2O3/c14-9-4-3-5-10(15-9)16-11(17)8-13(12(18)19)6-1-2-7-13/h3-5H,1-2,6-8H2,(H,18,19)(H,15,16,17). The number of halogens is 1. The summed E-state index contributed by atoms with van der Waals surface area (Å²) in [6.45, 7) is 0. The first-order chi connectivity index (χ1) is 9.02. The fourth-order valence-corrected chi connectivity index (χ4v) is 2.65. The van der Waals surface area contributed by atoms with Crippen molar-refractivity contribution >= 4 is 29.3 Å². The third-order valence-corrected chi connectivity index (χ3v) is 3.71. The summed E-state index contributed by atoms with van der Waals surface area (Å²) in [6, 6.07) is 4.90. The van der Waals surface area contributed by atoms with Crippen molar-refractivity contribution in [1.29, 1.82) is 0 Å². The highest BCUT2D eigenvalue weighted by Gasteiger charge is 2.42. The molecule has 1 aromatic rings. The lowest BCUT2D eigenvalue weighted by atomic mass is 9.82. The number of nitrogens with zero attached hydrogens (tertiary/aromatic N) is 1. The molecule has 6 heteroatoms. The maximum Gasteiger partial charge on any atom is 0.310 e. The van der Waals surface area contributed by atoms with Crippen LogP contribution >= 0.6 is 11.6 Å². The lowest BCUT2D eigenvalue weighted by Crippen LogP contribution is -2.32. The lowest BCUT2D eigenvalue weighted by molar-refractivity contribution is -0.150. The minimum Gasteiger partial charge on any atom is -0.481 e. The number of nitrogens with one attached hydrogen (secondary N) is 1. The van der Waals surface area contributed by atoms with Crippen LogP contribution in [-0.4, -0.2) is 22.0 Å². The Morgan fingerprint density at radius 2 is 2.05 bits per heavy atom. The van der Waals surface area contributed by atoms with E-state index >= 15 is 0 Å². The molecule has 0 saturated heterocycles. The Morgan fingerprint density at radius 3 is 2.63 bits per heavy atom. The largest absolute Gasteiger partial charge is 0.481 e. The van der Waals surface area contributed by atoms with Crippen LogP contribution in [0.25, 0.3) is 0 Å². The minimum absolute atomic E-state index is 0.0173. The Balaban J connectivity index is 2.02. The van der Waals surface area contributed by atoms with Crippen LogP contribution in [0.4, 0.5) is 5.82 Å². The Hall–Kier alpha value is -1.62. The van der Waals surface area contributed by atoms with Gasteiger partial charge < -0.3 is 10.4 Å². The van der Waals surface area contributed by atoms with Crippen molar-refractivity contribution in [2.45, 2.75) is 32.1 Å². The summed E-state index contributed by atoms with van der Waals surface area (Å²) in [7, 11) is 0. The van der Waals surface area contributed by atoms with E-state index in [2.05, 4.69) is 10.3 Å². The van der Waals surface area contributed by atoms with E-state index in [1.807, 2.05) is 0 Å². The molecule has 1 fully saturated rings. The maximum absolute atomic E-state index is 11.9. The molecule has 1 saturated carbocycles. The molecule has 19 heavy (non-hydrogen) atoms. The highest BCUT2D eigenvalue weighted by molar-refractivity contribution is 6.29. The molecule has 0 aromatic carbocycles. The quantitative estimate of drug-likeness (QED) is 0.832. The molecule has 2 rings (SSSR count). The van der Waals surface area contributed by atoms with Gasteiger partial charge in [-0.15, -0.1) is 0 Å². The second kappa shape index (κ2) is 5.57. The number of amides is 1. The van der Waals surface area contributed by atoms with Gasteiger partial charge in [-0.05, 0) is 25.0 Å². The lowest BCUT2D eigenvalue weighted by Gasteiger charge is -2.22. The normalized spacial score (nSPS) is 17.1. The summed E-state index contributed by atoms with van der Waals surface area (Å²) in [5.74, 6) is -0.880. The van der Waals surface area contributed by atoms with Crippen LogP contribution < -0.4 is 5.32 Å². The Kier molecular flexibility index (Phi) is 4.04. The van der Waals surface area contributed by atoms with Crippen LogP contribution in [0.1, 0.15) is 32.1 Å². The molecule has 5 nitrogen and oxygen atoms in total. The number of carboxylic acids is 1. The second-order valence-corrected chi connectivity index (χ2v) is 5.25.